The molecule has 0 spiro atoms. The highest BCUT2D eigenvalue weighted by Crippen LogP contribution is 2.34. The number of urea groups is 1. The van der Waals surface area contributed by atoms with Crippen molar-refractivity contribution in [3.05, 3.63) is 48.4 Å². The van der Waals surface area contributed by atoms with E-state index in [1.54, 1.807) is 29.2 Å². The summed E-state index contributed by atoms with van der Waals surface area (Å²) in [5, 5.41) is 8.85. The number of aromatic nitrogens is 4. The minimum Gasteiger partial charge on any atom is -0.337 e. The lowest BCUT2D eigenvalue weighted by molar-refractivity contribution is -0.140. The van der Waals surface area contributed by atoms with Crippen LogP contribution in [-0.4, -0.2) is 38.9 Å². The van der Waals surface area contributed by atoms with Crippen molar-refractivity contribution < 1.29 is 18.0 Å². The number of hydrogen-bond acceptors (Lipinski definition) is 5. The number of carbonyl (C=O) groups excluding carboxylic acids is 1. The number of benzene rings is 1. The molecule has 0 unspecified atom stereocenters. The van der Waals surface area contributed by atoms with Crippen LogP contribution in [-0.2, 0) is 13.2 Å². The maximum absolute atomic E-state index is 13.1. The quantitative estimate of drug-likeness (QED) is 0.699. The Hall–Kier alpha value is -3.63. The van der Waals surface area contributed by atoms with Crippen molar-refractivity contribution in [1.82, 2.24) is 25.1 Å². The standard InChI is InChI=1S/C18H16F3N7O/c1-27-10-13(15(26-27)18(19,20)21)24-14-6-7-22-16(25-14)11-2-4-12(5-3-11)28-9-8-23-17(28)29/h2-7,10H,8-9H2,1H3,(H,23,29)(H,22,24,25). The molecular weight excluding hydrogens is 387 g/mol. The molecule has 150 valence electrons. The van der Waals surface area contributed by atoms with Gasteiger partial charge in [0, 0.05) is 43.8 Å². The summed E-state index contributed by atoms with van der Waals surface area (Å²) in [4.78, 5) is 21.8. The Labute approximate surface area is 163 Å². The summed E-state index contributed by atoms with van der Waals surface area (Å²) in [6, 6.07) is 8.37. The zero-order chi connectivity index (χ0) is 20.6. The average Bonchev–Trinajstić information content (AvgIpc) is 3.27. The molecule has 29 heavy (non-hydrogen) atoms. The summed E-state index contributed by atoms with van der Waals surface area (Å²) < 4.78 is 40.4. The van der Waals surface area contributed by atoms with Crippen LogP contribution in [0.1, 0.15) is 5.69 Å². The van der Waals surface area contributed by atoms with E-state index < -0.39 is 11.9 Å². The molecule has 0 aliphatic carbocycles. The number of nitrogens with one attached hydrogen (secondary N) is 2. The SMILES string of the molecule is Cn1cc(Nc2ccnc(-c3ccc(N4CCNC4=O)cc3)n2)c(C(F)(F)F)n1. The van der Waals surface area contributed by atoms with Crippen molar-refractivity contribution in [2.75, 3.05) is 23.3 Å². The molecule has 11 heteroatoms. The molecule has 1 saturated heterocycles. The zero-order valence-electron chi connectivity index (χ0n) is 15.2. The fourth-order valence-corrected chi connectivity index (χ4v) is 3.00. The van der Waals surface area contributed by atoms with Gasteiger partial charge >= 0.3 is 12.2 Å². The lowest BCUT2D eigenvalue weighted by Crippen LogP contribution is -2.27. The first-order chi connectivity index (χ1) is 13.8. The van der Waals surface area contributed by atoms with Gasteiger partial charge in [-0.3, -0.25) is 9.58 Å². The molecule has 2 N–H and O–H groups in total. The van der Waals surface area contributed by atoms with E-state index in [-0.39, 0.29) is 17.5 Å². The molecule has 1 fully saturated rings. The maximum Gasteiger partial charge on any atom is 0.437 e. The normalized spacial score (nSPS) is 14.2. The van der Waals surface area contributed by atoms with Gasteiger partial charge in [0.25, 0.3) is 0 Å². The third-order valence-corrected chi connectivity index (χ3v) is 4.31. The average molecular weight is 403 g/mol. The molecule has 0 radical (unpaired) electrons. The van der Waals surface area contributed by atoms with Gasteiger partial charge in [0.2, 0.25) is 0 Å². The van der Waals surface area contributed by atoms with E-state index in [2.05, 4.69) is 25.7 Å². The van der Waals surface area contributed by atoms with Crippen LogP contribution in [0.3, 0.4) is 0 Å². The molecule has 0 atom stereocenters. The van der Waals surface area contributed by atoms with Crippen LogP contribution in [0.4, 0.5) is 35.2 Å². The molecular formula is C18H16F3N7O. The number of nitrogens with zero attached hydrogens (tertiary/aromatic N) is 5. The van der Waals surface area contributed by atoms with Gasteiger partial charge in [0.05, 0.1) is 5.69 Å². The number of carbonyl (C=O) groups is 1. The molecule has 3 heterocycles. The topological polar surface area (TPSA) is 88.0 Å². The summed E-state index contributed by atoms with van der Waals surface area (Å²) in [5.41, 5.74) is 0.191. The summed E-state index contributed by atoms with van der Waals surface area (Å²) in [6.07, 6.45) is -1.90. The van der Waals surface area contributed by atoms with Crippen LogP contribution in [0.2, 0.25) is 0 Å². The van der Waals surface area contributed by atoms with Crippen molar-refractivity contribution in [2.24, 2.45) is 7.05 Å². The summed E-state index contributed by atoms with van der Waals surface area (Å²) in [6.45, 7) is 1.17. The number of rotatable bonds is 4. The monoisotopic (exact) mass is 403 g/mol. The molecule has 2 aromatic heterocycles. The molecule has 2 amide bonds. The Morgan fingerprint density at radius 2 is 1.93 bits per heavy atom. The van der Waals surface area contributed by atoms with Gasteiger partial charge in [-0.1, -0.05) is 0 Å². The highest BCUT2D eigenvalue weighted by molar-refractivity contribution is 5.94. The van der Waals surface area contributed by atoms with Gasteiger partial charge in [-0.25, -0.2) is 14.8 Å². The Balaban J connectivity index is 1.57. The molecule has 0 saturated carbocycles. The molecule has 4 rings (SSSR count). The molecule has 1 aliphatic heterocycles. The van der Waals surface area contributed by atoms with Gasteiger partial charge in [0.15, 0.2) is 11.5 Å². The van der Waals surface area contributed by atoms with E-state index in [1.165, 1.54) is 25.5 Å². The Morgan fingerprint density at radius 1 is 1.17 bits per heavy atom. The molecule has 8 nitrogen and oxygen atoms in total. The van der Waals surface area contributed by atoms with Gasteiger partial charge in [0.1, 0.15) is 5.82 Å². The highest BCUT2D eigenvalue weighted by Gasteiger charge is 2.37. The van der Waals surface area contributed by atoms with E-state index in [1.807, 2.05) is 0 Å². The second-order valence-corrected chi connectivity index (χ2v) is 6.38. The highest BCUT2D eigenvalue weighted by atomic mass is 19.4. The van der Waals surface area contributed by atoms with E-state index >= 15 is 0 Å². The van der Waals surface area contributed by atoms with Crippen molar-refractivity contribution in [3.63, 3.8) is 0 Å². The zero-order valence-corrected chi connectivity index (χ0v) is 15.2. The van der Waals surface area contributed by atoms with Crippen molar-refractivity contribution in [3.8, 4) is 11.4 Å². The van der Waals surface area contributed by atoms with Gasteiger partial charge in [-0.2, -0.15) is 18.3 Å². The first kappa shape index (κ1) is 18.7. The number of aryl methyl sites for hydroxylation is 1. The van der Waals surface area contributed by atoms with Gasteiger partial charge < -0.3 is 10.6 Å². The van der Waals surface area contributed by atoms with Gasteiger partial charge in [-0.15, -0.1) is 0 Å². The van der Waals surface area contributed by atoms with Crippen LogP contribution < -0.4 is 15.5 Å². The number of halogens is 3. The second-order valence-electron chi connectivity index (χ2n) is 6.38. The van der Waals surface area contributed by atoms with Crippen molar-refractivity contribution in [2.45, 2.75) is 6.18 Å². The van der Waals surface area contributed by atoms with Crippen LogP contribution in [0.25, 0.3) is 11.4 Å². The summed E-state index contributed by atoms with van der Waals surface area (Å²) in [5.74, 6) is 0.543. The molecule has 3 aromatic rings. The van der Waals surface area contributed by atoms with Gasteiger partial charge in [-0.05, 0) is 30.3 Å². The second kappa shape index (κ2) is 7.08. The Bertz CT molecular complexity index is 1050. The molecule has 1 aromatic carbocycles. The van der Waals surface area contributed by atoms with Crippen LogP contribution in [0, 0.1) is 0 Å². The largest absolute Gasteiger partial charge is 0.437 e. The third kappa shape index (κ3) is 3.84. The van der Waals surface area contributed by atoms with Crippen molar-refractivity contribution in [1.29, 1.82) is 0 Å². The van der Waals surface area contributed by atoms with Crippen LogP contribution in [0.15, 0.2) is 42.7 Å². The first-order valence-corrected chi connectivity index (χ1v) is 8.68. The lowest BCUT2D eigenvalue weighted by Gasteiger charge is -2.14. The third-order valence-electron chi connectivity index (χ3n) is 4.31. The fraction of sp³-hybridized carbons (Fsp3) is 0.222. The predicted molar refractivity (Wildman–Crippen MR) is 99.7 cm³/mol. The first-order valence-electron chi connectivity index (χ1n) is 8.68. The fourth-order valence-electron chi connectivity index (χ4n) is 3.00. The minimum absolute atomic E-state index is 0.155. The van der Waals surface area contributed by atoms with E-state index in [4.69, 9.17) is 0 Å². The maximum atomic E-state index is 13.1. The minimum atomic E-state index is -4.59. The van der Waals surface area contributed by atoms with Crippen LogP contribution in [0.5, 0.6) is 0 Å². The van der Waals surface area contributed by atoms with E-state index in [0.29, 0.717) is 24.5 Å². The molecule has 0 bridgehead atoms. The Morgan fingerprint density at radius 3 is 2.59 bits per heavy atom. The van der Waals surface area contributed by atoms with E-state index in [0.717, 1.165) is 10.4 Å². The smallest absolute Gasteiger partial charge is 0.337 e. The van der Waals surface area contributed by atoms with Crippen molar-refractivity contribution >= 4 is 23.2 Å². The lowest BCUT2D eigenvalue weighted by atomic mass is 10.2. The van der Waals surface area contributed by atoms with E-state index in [9.17, 15) is 18.0 Å². The van der Waals surface area contributed by atoms with Crippen LogP contribution >= 0.6 is 0 Å². The number of anilines is 3. The molecule has 1 aliphatic rings. The number of alkyl halides is 3. The number of hydrogen-bond donors (Lipinski definition) is 2. The summed E-state index contributed by atoms with van der Waals surface area (Å²) in [7, 11) is 1.41. The Kier molecular flexibility index (Phi) is 4.57. The number of amides is 2. The summed E-state index contributed by atoms with van der Waals surface area (Å²) >= 11 is 0. The predicted octanol–water partition coefficient (Wildman–Crippen LogP) is 3.17.